The van der Waals surface area contributed by atoms with Gasteiger partial charge in [-0.3, -0.25) is 4.79 Å². The topological polar surface area (TPSA) is 61.4 Å². The Labute approximate surface area is 219 Å². The van der Waals surface area contributed by atoms with E-state index in [0.29, 0.717) is 40.3 Å². The third-order valence-electron chi connectivity index (χ3n) is 6.97. The van der Waals surface area contributed by atoms with Gasteiger partial charge in [-0.05, 0) is 78.8 Å². The minimum absolute atomic E-state index is 0.0724. The average molecular weight is 529 g/mol. The van der Waals surface area contributed by atoms with Crippen molar-refractivity contribution in [3.05, 3.63) is 92.9 Å². The molecule has 2 heterocycles. The van der Waals surface area contributed by atoms with Gasteiger partial charge in [-0.15, -0.1) is 0 Å². The highest BCUT2D eigenvalue weighted by Gasteiger charge is 2.53. The number of fused-ring (bicyclic) bond motifs is 1. The quantitative estimate of drug-likeness (QED) is 0.382. The Morgan fingerprint density at radius 2 is 1.74 bits per heavy atom. The summed E-state index contributed by atoms with van der Waals surface area (Å²) in [5.74, 6) is -0.167. The fraction of sp³-hybridized carbons (Fsp3) is 0.259. The molecule has 0 saturated carbocycles. The summed E-state index contributed by atoms with van der Waals surface area (Å²) >= 11 is 18.6. The van der Waals surface area contributed by atoms with Gasteiger partial charge in [-0.2, -0.15) is 0 Å². The van der Waals surface area contributed by atoms with Crippen LogP contribution < -0.4 is 10.6 Å². The summed E-state index contributed by atoms with van der Waals surface area (Å²) in [4.78, 5) is 28.7. The number of nitrogens with one attached hydrogen (secondary N) is 2. The molecule has 1 fully saturated rings. The third-order valence-corrected chi connectivity index (χ3v) is 7.67. The van der Waals surface area contributed by atoms with Crippen molar-refractivity contribution >= 4 is 58.1 Å². The van der Waals surface area contributed by atoms with E-state index in [0.717, 1.165) is 29.7 Å². The smallest absolute Gasteiger partial charge is 0.321 e. The Morgan fingerprint density at radius 3 is 2.51 bits per heavy atom. The molecule has 2 aliphatic rings. The summed E-state index contributed by atoms with van der Waals surface area (Å²) in [6.45, 7) is 1.06. The number of likely N-dealkylation sites (tertiary alicyclic amines) is 1. The first kappa shape index (κ1) is 24.0. The van der Waals surface area contributed by atoms with E-state index in [4.69, 9.17) is 34.8 Å². The van der Waals surface area contributed by atoms with E-state index in [1.54, 1.807) is 35.2 Å². The van der Waals surface area contributed by atoms with Crippen molar-refractivity contribution in [3.63, 3.8) is 0 Å². The molecule has 8 heteroatoms. The van der Waals surface area contributed by atoms with Crippen molar-refractivity contribution < 1.29 is 9.59 Å². The number of rotatable bonds is 4. The second-order valence-corrected chi connectivity index (χ2v) is 10.5. The van der Waals surface area contributed by atoms with Gasteiger partial charge in [0, 0.05) is 39.5 Å². The summed E-state index contributed by atoms with van der Waals surface area (Å²) in [6.07, 6.45) is 2.08. The van der Waals surface area contributed by atoms with Gasteiger partial charge in [0.25, 0.3) is 0 Å². The molecule has 2 N–H and O–H groups in total. The number of halogens is 3. The van der Waals surface area contributed by atoms with Gasteiger partial charge in [0.05, 0.1) is 5.41 Å². The van der Waals surface area contributed by atoms with Crippen molar-refractivity contribution in [3.8, 4) is 0 Å². The number of carbonyl (C=O) groups excluding carboxylic acids is 2. The largest absolute Gasteiger partial charge is 0.325 e. The van der Waals surface area contributed by atoms with Crippen molar-refractivity contribution in [1.82, 2.24) is 4.90 Å². The van der Waals surface area contributed by atoms with E-state index in [1.165, 1.54) is 0 Å². The number of benzene rings is 3. The number of urea groups is 1. The lowest BCUT2D eigenvalue weighted by Gasteiger charge is -2.42. The second-order valence-electron chi connectivity index (χ2n) is 9.15. The molecule has 180 valence electrons. The van der Waals surface area contributed by atoms with Crippen LogP contribution in [0.1, 0.15) is 24.0 Å². The molecule has 3 aromatic rings. The molecule has 35 heavy (non-hydrogen) atoms. The SMILES string of the molecule is O=C(Nc1cccc(Cl)c1)N1CCCC(C2(Cc3cccc(Cl)c3)C(=O)Nc3cc(Cl)ccc32)C1. The highest BCUT2D eigenvalue weighted by Crippen LogP contribution is 2.49. The Kier molecular flexibility index (Phi) is 6.67. The standard InChI is InChI=1S/C27H24Cl3N3O2/c28-19-6-1-4-17(12-19)15-27(23-10-9-21(30)14-24(23)32-25(27)34)18-5-3-11-33(16-18)26(35)31-22-8-2-7-20(29)13-22/h1-2,4,6-10,12-14,18H,3,5,11,15-16H2,(H,31,35)(H,32,34). The lowest BCUT2D eigenvalue weighted by Crippen LogP contribution is -2.52. The summed E-state index contributed by atoms with van der Waals surface area (Å²) in [5, 5.41) is 7.74. The average Bonchev–Trinajstić information content (AvgIpc) is 3.10. The molecule has 3 aromatic carbocycles. The zero-order valence-corrected chi connectivity index (χ0v) is 21.1. The van der Waals surface area contributed by atoms with Crippen LogP contribution in [-0.4, -0.2) is 29.9 Å². The maximum absolute atomic E-state index is 13.7. The molecule has 2 unspecified atom stereocenters. The molecule has 2 aliphatic heterocycles. The molecular weight excluding hydrogens is 505 g/mol. The first-order chi connectivity index (χ1) is 16.8. The Bertz CT molecular complexity index is 1300. The fourth-order valence-corrected chi connectivity index (χ4v) is 5.97. The second kappa shape index (κ2) is 9.73. The fourth-order valence-electron chi connectivity index (χ4n) is 5.39. The highest BCUT2D eigenvalue weighted by atomic mass is 35.5. The molecule has 0 bridgehead atoms. The van der Waals surface area contributed by atoms with Crippen LogP contribution in [0.2, 0.25) is 15.1 Å². The van der Waals surface area contributed by atoms with Crippen LogP contribution >= 0.6 is 34.8 Å². The molecule has 2 atom stereocenters. The predicted molar refractivity (Wildman–Crippen MR) is 142 cm³/mol. The number of nitrogens with zero attached hydrogens (tertiary/aromatic N) is 1. The minimum atomic E-state index is -0.848. The van der Waals surface area contributed by atoms with E-state index >= 15 is 0 Å². The van der Waals surface area contributed by atoms with Gasteiger partial charge in [0.1, 0.15) is 0 Å². The Morgan fingerprint density at radius 1 is 1.00 bits per heavy atom. The lowest BCUT2D eigenvalue weighted by molar-refractivity contribution is -0.123. The summed E-state index contributed by atoms with van der Waals surface area (Å²) in [7, 11) is 0. The van der Waals surface area contributed by atoms with Crippen molar-refractivity contribution in [2.24, 2.45) is 5.92 Å². The molecule has 0 aromatic heterocycles. The van der Waals surface area contributed by atoms with Crippen LogP contribution in [0.15, 0.2) is 66.7 Å². The number of amides is 3. The molecule has 0 aliphatic carbocycles. The maximum atomic E-state index is 13.7. The molecule has 5 rings (SSSR count). The molecule has 5 nitrogen and oxygen atoms in total. The summed E-state index contributed by atoms with van der Waals surface area (Å²) < 4.78 is 0. The zero-order valence-electron chi connectivity index (χ0n) is 18.9. The van der Waals surface area contributed by atoms with Crippen LogP contribution in [0.25, 0.3) is 0 Å². The number of hydrogen-bond acceptors (Lipinski definition) is 2. The minimum Gasteiger partial charge on any atom is -0.325 e. The van der Waals surface area contributed by atoms with Gasteiger partial charge in [0.2, 0.25) is 5.91 Å². The van der Waals surface area contributed by atoms with Gasteiger partial charge < -0.3 is 15.5 Å². The highest BCUT2D eigenvalue weighted by molar-refractivity contribution is 6.31. The Hall–Kier alpha value is -2.73. The van der Waals surface area contributed by atoms with Crippen molar-refractivity contribution in [2.75, 3.05) is 23.7 Å². The van der Waals surface area contributed by atoms with Crippen LogP contribution in [0.4, 0.5) is 16.2 Å². The van der Waals surface area contributed by atoms with E-state index in [2.05, 4.69) is 10.6 Å². The zero-order chi connectivity index (χ0) is 24.6. The Balaban J connectivity index is 1.48. The molecule has 1 saturated heterocycles. The summed E-state index contributed by atoms with van der Waals surface area (Å²) in [5.41, 5.74) is 2.39. The van der Waals surface area contributed by atoms with Gasteiger partial charge in [0.15, 0.2) is 0 Å². The number of carbonyl (C=O) groups is 2. The van der Waals surface area contributed by atoms with Crippen molar-refractivity contribution in [1.29, 1.82) is 0 Å². The first-order valence-corrected chi connectivity index (χ1v) is 12.7. The van der Waals surface area contributed by atoms with Crippen LogP contribution in [-0.2, 0) is 16.6 Å². The van der Waals surface area contributed by atoms with Gasteiger partial charge in [-0.1, -0.05) is 59.1 Å². The number of hydrogen-bond donors (Lipinski definition) is 2. The normalized spacial score (nSPS) is 21.4. The van der Waals surface area contributed by atoms with Gasteiger partial charge in [-0.25, -0.2) is 4.79 Å². The molecule has 0 radical (unpaired) electrons. The number of anilines is 2. The molecule has 0 spiro atoms. The first-order valence-electron chi connectivity index (χ1n) is 11.5. The van der Waals surface area contributed by atoms with Crippen LogP contribution in [0.5, 0.6) is 0 Å². The third kappa shape index (κ3) is 4.73. The van der Waals surface area contributed by atoms with Crippen LogP contribution in [0, 0.1) is 5.92 Å². The molecular formula is C27H24Cl3N3O2. The summed E-state index contributed by atoms with van der Waals surface area (Å²) in [6, 6.07) is 20.0. The van der Waals surface area contributed by atoms with Crippen molar-refractivity contribution in [2.45, 2.75) is 24.7 Å². The van der Waals surface area contributed by atoms with Crippen LogP contribution in [0.3, 0.4) is 0 Å². The van der Waals surface area contributed by atoms with Gasteiger partial charge >= 0.3 is 6.03 Å². The monoisotopic (exact) mass is 527 g/mol. The lowest BCUT2D eigenvalue weighted by atomic mass is 9.65. The van der Waals surface area contributed by atoms with E-state index < -0.39 is 5.41 Å². The van der Waals surface area contributed by atoms with E-state index in [1.807, 2.05) is 36.4 Å². The van der Waals surface area contributed by atoms with E-state index in [9.17, 15) is 9.59 Å². The predicted octanol–water partition coefficient (Wildman–Crippen LogP) is 7.02. The molecule has 3 amide bonds. The van der Waals surface area contributed by atoms with E-state index in [-0.39, 0.29) is 17.9 Å². The maximum Gasteiger partial charge on any atom is 0.321 e. The number of piperidine rings is 1.